The van der Waals surface area contributed by atoms with Crippen molar-refractivity contribution in [2.24, 2.45) is 7.05 Å². The Hall–Kier alpha value is -4.07. The first-order chi connectivity index (χ1) is 16.0. The van der Waals surface area contributed by atoms with E-state index in [1.54, 1.807) is 36.1 Å². The van der Waals surface area contributed by atoms with Crippen LogP contribution in [0, 0.1) is 5.82 Å². The summed E-state index contributed by atoms with van der Waals surface area (Å²) in [5, 5.41) is 15.1. The highest BCUT2D eigenvalue weighted by Gasteiger charge is 2.10. The molecular formula is C25H24FN5O2. The quantitative estimate of drug-likeness (QED) is 0.400. The topological polar surface area (TPSA) is 85.8 Å². The molecule has 7 nitrogen and oxygen atoms in total. The van der Waals surface area contributed by atoms with Crippen LogP contribution >= 0.6 is 0 Å². The highest BCUT2D eigenvalue weighted by atomic mass is 19.1. The van der Waals surface area contributed by atoms with Crippen LogP contribution in [0.5, 0.6) is 0 Å². The lowest BCUT2D eigenvalue weighted by Crippen LogP contribution is -2.07. The number of hydrogen-bond donors (Lipinski definition) is 1. The van der Waals surface area contributed by atoms with Gasteiger partial charge in [-0.2, -0.15) is 5.10 Å². The molecule has 2 aromatic carbocycles. The maximum absolute atomic E-state index is 13.3. The van der Waals surface area contributed by atoms with Gasteiger partial charge in [0.05, 0.1) is 11.9 Å². The van der Waals surface area contributed by atoms with Crippen molar-refractivity contribution in [1.29, 1.82) is 0 Å². The third-order valence-electron chi connectivity index (χ3n) is 5.16. The van der Waals surface area contributed by atoms with E-state index in [9.17, 15) is 9.18 Å². The van der Waals surface area contributed by atoms with Crippen molar-refractivity contribution in [2.45, 2.75) is 26.2 Å². The van der Waals surface area contributed by atoms with Crippen LogP contribution < -0.4 is 5.32 Å². The second-order valence-electron chi connectivity index (χ2n) is 7.54. The largest absolute Gasteiger partial charge is 0.425 e. The molecule has 0 spiro atoms. The van der Waals surface area contributed by atoms with Crippen LogP contribution in [-0.2, 0) is 31.1 Å². The Balaban J connectivity index is 1.36. The van der Waals surface area contributed by atoms with Crippen LogP contribution in [0.25, 0.3) is 17.3 Å². The molecule has 0 aliphatic carbocycles. The molecule has 2 aromatic heterocycles. The molecule has 0 unspecified atom stereocenters. The second-order valence-corrected chi connectivity index (χ2v) is 7.54. The Morgan fingerprint density at radius 1 is 1.06 bits per heavy atom. The third kappa shape index (κ3) is 5.60. The number of aryl methyl sites for hydroxylation is 4. The Morgan fingerprint density at radius 3 is 2.48 bits per heavy atom. The van der Waals surface area contributed by atoms with Crippen LogP contribution in [0.15, 0.2) is 65.2 Å². The van der Waals surface area contributed by atoms with E-state index in [1.165, 1.54) is 18.2 Å². The number of amides is 1. The van der Waals surface area contributed by atoms with Gasteiger partial charge in [0, 0.05) is 42.8 Å². The van der Waals surface area contributed by atoms with Crippen molar-refractivity contribution in [3.63, 3.8) is 0 Å². The number of rotatable bonds is 8. The molecule has 1 N–H and O–H groups in total. The summed E-state index contributed by atoms with van der Waals surface area (Å²) in [5.41, 5.74) is 4.19. The minimum atomic E-state index is -0.302. The molecule has 0 saturated carbocycles. The first-order valence-electron chi connectivity index (χ1n) is 10.7. The fourth-order valence-corrected chi connectivity index (χ4v) is 3.43. The molecule has 8 heteroatoms. The lowest BCUT2D eigenvalue weighted by molar-refractivity contribution is -0.111. The fourth-order valence-electron chi connectivity index (χ4n) is 3.43. The average Bonchev–Trinajstić information content (AvgIpc) is 3.44. The van der Waals surface area contributed by atoms with E-state index in [0.29, 0.717) is 23.9 Å². The Labute approximate surface area is 191 Å². The number of nitrogens with one attached hydrogen (secondary N) is 1. The number of aromatic nitrogens is 4. The zero-order valence-corrected chi connectivity index (χ0v) is 18.5. The predicted octanol–water partition coefficient (Wildman–Crippen LogP) is 4.61. The average molecular weight is 445 g/mol. The van der Waals surface area contributed by atoms with Crippen molar-refractivity contribution in [3.05, 3.63) is 89.5 Å². The molecule has 0 aliphatic rings. The number of hydrogen-bond acceptors (Lipinski definition) is 5. The lowest BCUT2D eigenvalue weighted by atomic mass is 10.1. The third-order valence-corrected chi connectivity index (χ3v) is 5.16. The molecule has 0 aliphatic heterocycles. The van der Waals surface area contributed by atoms with E-state index in [2.05, 4.69) is 20.6 Å². The van der Waals surface area contributed by atoms with Crippen molar-refractivity contribution in [1.82, 2.24) is 20.0 Å². The molecule has 2 heterocycles. The smallest absolute Gasteiger partial charge is 0.248 e. The molecule has 1 amide bonds. The summed E-state index contributed by atoms with van der Waals surface area (Å²) in [6.07, 6.45) is 6.99. The van der Waals surface area contributed by atoms with Crippen LogP contribution in [0.2, 0.25) is 0 Å². The highest BCUT2D eigenvalue weighted by Crippen LogP contribution is 2.24. The first-order valence-corrected chi connectivity index (χ1v) is 10.7. The number of carbonyl (C=O) groups is 1. The maximum atomic E-state index is 13.3. The van der Waals surface area contributed by atoms with Gasteiger partial charge in [-0.15, -0.1) is 10.2 Å². The van der Waals surface area contributed by atoms with Crippen LogP contribution in [-0.4, -0.2) is 25.9 Å². The van der Waals surface area contributed by atoms with E-state index in [-0.39, 0.29) is 11.7 Å². The van der Waals surface area contributed by atoms with Crippen LogP contribution in [0.4, 0.5) is 10.1 Å². The van der Waals surface area contributed by atoms with Gasteiger partial charge in [-0.25, -0.2) is 4.39 Å². The van der Waals surface area contributed by atoms with Crippen LogP contribution in [0.1, 0.15) is 29.8 Å². The van der Waals surface area contributed by atoms with Gasteiger partial charge >= 0.3 is 0 Å². The van der Waals surface area contributed by atoms with Crippen molar-refractivity contribution in [2.75, 3.05) is 5.32 Å². The Morgan fingerprint density at radius 2 is 1.79 bits per heavy atom. The number of carbonyl (C=O) groups excluding carboxylic acids is 1. The van der Waals surface area contributed by atoms with Gasteiger partial charge in [0.15, 0.2) is 0 Å². The van der Waals surface area contributed by atoms with Gasteiger partial charge in [-0.3, -0.25) is 9.48 Å². The standard InChI is InChI=1S/C25H24FN5O2/c1-3-23-29-30-24(33-23)15-6-17-4-12-21(13-5-17)28-22(32)14-9-19-16-27-31(2)25(19)18-7-10-20(26)11-8-18/h4-5,7-14,16H,3,6,15H2,1-2H3,(H,28,32). The summed E-state index contributed by atoms with van der Waals surface area (Å²) in [7, 11) is 1.80. The van der Waals surface area contributed by atoms with Gasteiger partial charge < -0.3 is 9.73 Å². The van der Waals surface area contributed by atoms with Gasteiger partial charge in [-0.05, 0) is 54.5 Å². The number of nitrogens with zero attached hydrogens (tertiary/aromatic N) is 4. The molecule has 0 saturated heterocycles. The SMILES string of the molecule is CCc1nnc(CCc2ccc(NC(=O)C=Cc3cnn(C)c3-c3ccc(F)cc3)cc2)o1. The minimum Gasteiger partial charge on any atom is -0.425 e. The molecule has 0 bridgehead atoms. The lowest BCUT2D eigenvalue weighted by Gasteiger charge is -2.05. The molecule has 4 rings (SSSR count). The van der Waals surface area contributed by atoms with E-state index >= 15 is 0 Å². The summed E-state index contributed by atoms with van der Waals surface area (Å²) in [4.78, 5) is 12.4. The molecular weight excluding hydrogens is 421 g/mol. The Kier molecular flexibility index (Phi) is 6.73. The van der Waals surface area contributed by atoms with Gasteiger partial charge in [-0.1, -0.05) is 19.1 Å². The molecule has 0 fully saturated rings. The first kappa shape index (κ1) is 22.1. The monoisotopic (exact) mass is 445 g/mol. The van der Waals surface area contributed by atoms with Gasteiger partial charge in [0.25, 0.3) is 0 Å². The number of benzene rings is 2. The second kappa shape index (κ2) is 10.0. The van der Waals surface area contributed by atoms with E-state index in [4.69, 9.17) is 4.42 Å². The summed E-state index contributed by atoms with van der Waals surface area (Å²) < 4.78 is 20.5. The molecule has 168 valence electrons. The summed E-state index contributed by atoms with van der Waals surface area (Å²) in [5.74, 6) is 0.718. The molecule has 0 radical (unpaired) electrons. The predicted molar refractivity (Wildman–Crippen MR) is 124 cm³/mol. The normalized spacial score (nSPS) is 11.2. The maximum Gasteiger partial charge on any atom is 0.248 e. The summed E-state index contributed by atoms with van der Waals surface area (Å²) in [6.45, 7) is 1.97. The molecule has 0 atom stereocenters. The van der Waals surface area contributed by atoms with E-state index in [1.807, 2.05) is 31.2 Å². The Bertz CT molecular complexity index is 1260. The number of halogens is 1. The van der Waals surface area contributed by atoms with Crippen molar-refractivity contribution in [3.8, 4) is 11.3 Å². The number of anilines is 1. The zero-order valence-electron chi connectivity index (χ0n) is 18.5. The van der Waals surface area contributed by atoms with Gasteiger partial charge in [0.2, 0.25) is 17.7 Å². The van der Waals surface area contributed by atoms with E-state index < -0.39 is 0 Å². The summed E-state index contributed by atoms with van der Waals surface area (Å²) in [6, 6.07) is 13.8. The fraction of sp³-hybridized carbons (Fsp3) is 0.200. The van der Waals surface area contributed by atoms with Crippen molar-refractivity contribution < 1.29 is 13.6 Å². The minimum absolute atomic E-state index is 0.255. The zero-order chi connectivity index (χ0) is 23.2. The summed E-state index contributed by atoms with van der Waals surface area (Å²) >= 11 is 0. The van der Waals surface area contributed by atoms with Crippen molar-refractivity contribution >= 4 is 17.7 Å². The van der Waals surface area contributed by atoms with Crippen LogP contribution in [0.3, 0.4) is 0 Å². The molecule has 4 aromatic rings. The molecule has 33 heavy (non-hydrogen) atoms. The highest BCUT2D eigenvalue weighted by molar-refractivity contribution is 6.02. The van der Waals surface area contributed by atoms with E-state index in [0.717, 1.165) is 35.2 Å². The van der Waals surface area contributed by atoms with Gasteiger partial charge in [0.1, 0.15) is 5.82 Å².